The van der Waals surface area contributed by atoms with Gasteiger partial charge in [0.05, 0.1) is 6.54 Å². The van der Waals surface area contributed by atoms with Crippen molar-refractivity contribution < 1.29 is 9.90 Å². The first-order chi connectivity index (χ1) is 8.16. The Hall–Kier alpha value is -1.95. The van der Waals surface area contributed by atoms with Gasteiger partial charge in [-0.3, -0.25) is 4.79 Å². The van der Waals surface area contributed by atoms with Gasteiger partial charge in [0.2, 0.25) is 0 Å². The summed E-state index contributed by atoms with van der Waals surface area (Å²) in [5.41, 5.74) is 0.841. The summed E-state index contributed by atoms with van der Waals surface area (Å²) in [6, 6.07) is 7.28. The highest BCUT2D eigenvalue weighted by Gasteiger charge is 2.11. The van der Waals surface area contributed by atoms with Gasteiger partial charge >= 0.3 is 5.97 Å². The van der Waals surface area contributed by atoms with Gasteiger partial charge in [0.25, 0.3) is 0 Å². The summed E-state index contributed by atoms with van der Waals surface area (Å²) in [6.07, 6.45) is -0.211. The lowest BCUT2D eigenvalue weighted by Gasteiger charge is -2.04. The Morgan fingerprint density at radius 2 is 2.18 bits per heavy atom. The van der Waals surface area contributed by atoms with E-state index in [1.807, 2.05) is 18.2 Å². The lowest BCUT2D eigenvalue weighted by Crippen LogP contribution is -2.11. The SMILES string of the molecule is O=C(O)Cc1nnnn1Cc1ccccc1Cl. The number of aliphatic carboxylic acids is 1. The fourth-order valence-corrected chi connectivity index (χ4v) is 1.59. The summed E-state index contributed by atoms with van der Waals surface area (Å²) < 4.78 is 1.43. The lowest BCUT2D eigenvalue weighted by atomic mass is 10.2. The molecule has 1 aromatic heterocycles. The Bertz CT molecular complexity index is 541. The first-order valence-corrected chi connectivity index (χ1v) is 5.25. The molecule has 88 valence electrons. The summed E-state index contributed by atoms with van der Waals surface area (Å²) in [7, 11) is 0. The molecule has 2 aromatic rings. The normalized spacial score (nSPS) is 10.4. The minimum absolute atomic E-state index is 0.211. The van der Waals surface area contributed by atoms with Crippen molar-refractivity contribution in [3.8, 4) is 0 Å². The molecular weight excluding hydrogens is 244 g/mol. The molecule has 17 heavy (non-hydrogen) atoms. The molecule has 0 amide bonds. The van der Waals surface area contributed by atoms with Crippen LogP contribution < -0.4 is 0 Å². The van der Waals surface area contributed by atoms with E-state index in [1.54, 1.807) is 6.07 Å². The number of aromatic nitrogens is 4. The van der Waals surface area contributed by atoms with E-state index >= 15 is 0 Å². The second kappa shape index (κ2) is 4.92. The van der Waals surface area contributed by atoms with E-state index in [0.29, 0.717) is 17.4 Å². The Morgan fingerprint density at radius 3 is 2.88 bits per heavy atom. The van der Waals surface area contributed by atoms with Gasteiger partial charge in [-0.05, 0) is 22.1 Å². The zero-order chi connectivity index (χ0) is 12.3. The van der Waals surface area contributed by atoms with Crippen molar-refractivity contribution >= 4 is 17.6 Å². The van der Waals surface area contributed by atoms with Crippen LogP contribution in [0.15, 0.2) is 24.3 Å². The van der Waals surface area contributed by atoms with Crippen LogP contribution >= 0.6 is 11.6 Å². The number of benzene rings is 1. The second-order valence-electron chi connectivity index (χ2n) is 3.41. The number of rotatable bonds is 4. The summed E-state index contributed by atoms with van der Waals surface area (Å²) >= 11 is 6.00. The minimum Gasteiger partial charge on any atom is -0.481 e. The predicted octanol–water partition coefficient (Wildman–Crippen LogP) is 1.00. The molecule has 0 aliphatic carbocycles. The maximum atomic E-state index is 10.6. The van der Waals surface area contributed by atoms with E-state index in [0.717, 1.165) is 5.56 Å². The molecule has 7 heteroatoms. The molecule has 0 aliphatic heterocycles. The second-order valence-corrected chi connectivity index (χ2v) is 3.82. The average molecular weight is 253 g/mol. The largest absolute Gasteiger partial charge is 0.481 e. The summed E-state index contributed by atoms with van der Waals surface area (Å²) in [4.78, 5) is 10.6. The van der Waals surface area contributed by atoms with Crippen molar-refractivity contribution in [2.24, 2.45) is 0 Å². The highest BCUT2D eigenvalue weighted by Crippen LogP contribution is 2.16. The first-order valence-electron chi connectivity index (χ1n) is 4.87. The molecule has 0 unspecified atom stereocenters. The molecule has 0 spiro atoms. The van der Waals surface area contributed by atoms with Gasteiger partial charge < -0.3 is 5.11 Å². The van der Waals surface area contributed by atoms with Gasteiger partial charge in [-0.15, -0.1) is 5.10 Å². The van der Waals surface area contributed by atoms with Crippen LogP contribution in [0.4, 0.5) is 0 Å². The van der Waals surface area contributed by atoms with Crippen LogP contribution in [0, 0.1) is 0 Å². The monoisotopic (exact) mass is 252 g/mol. The maximum Gasteiger partial charge on any atom is 0.311 e. The first kappa shape index (κ1) is 11.5. The van der Waals surface area contributed by atoms with Crippen molar-refractivity contribution in [2.45, 2.75) is 13.0 Å². The molecule has 0 saturated heterocycles. The fourth-order valence-electron chi connectivity index (χ4n) is 1.40. The smallest absolute Gasteiger partial charge is 0.311 e. The molecule has 0 fully saturated rings. The molecule has 0 atom stereocenters. The van der Waals surface area contributed by atoms with Gasteiger partial charge in [-0.25, -0.2) is 4.68 Å². The van der Waals surface area contributed by atoms with E-state index in [2.05, 4.69) is 15.5 Å². The standard InChI is InChI=1S/C10H9ClN4O2/c11-8-4-2-1-3-7(8)6-15-9(5-10(16)17)12-13-14-15/h1-4H,5-6H2,(H,16,17). The lowest BCUT2D eigenvalue weighted by molar-refractivity contribution is -0.136. The van der Waals surface area contributed by atoms with Gasteiger partial charge in [0.1, 0.15) is 6.42 Å². The van der Waals surface area contributed by atoms with Crippen molar-refractivity contribution in [3.05, 3.63) is 40.7 Å². The fraction of sp³-hybridized carbons (Fsp3) is 0.200. The number of carboxylic acids is 1. The van der Waals surface area contributed by atoms with Crippen LogP contribution in [-0.2, 0) is 17.8 Å². The van der Waals surface area contributed by atoms with Crippen LogP contribution in [0.1, 0.15) is 11.4 Å². The maximum absolute atomic E-state index is 10.6. The molecule has 1 aromatic carbocycles. The number of hydrogen-bond acceptors (Lipinski definition) is 4. The van der Waals surface area contributed by atoms with Crippen LogP contribution in [0.2, 0.25) is 5.02 Å². The molecule has 2 rings (SSSR count). The van der Waals surface area contributed by atoms with Gasteiger partial charge in [-0.2, -0.15) is 0 Å². The zero-order valence-electron chi connectivity index (χ0n) is 8.75. The van der Waals surface area contributed by atoms with Crippen molar-refractivity contribution in [1.82, 2.24) is 20.2 Å². The number of nitrogens with zero attached hydrogens (tertiary/aromatic N) is 4. The van der Waals surface area contributed by atoms with Gasteiger partial charge in [0, 0.05) is 5.02 Å². The number of carbonyl (C=O) groups is 1. The van der Waals surface area contributed by atoms with Gasteiger partial charge in [-0.1, -0.05) is 29.8 Å². The van der Waals surface area contributed by atoms with Crippen LogP contribution in [0.5, 0.6) is 0 Å². The van der Waals surface area contributed by atoms with Crippen molar-refractivity contribution in [2.75, 3.05) is 0 Å². The average Bonchev–Trinajstić information content (AvgIpc) is 2.68. The minimum atomic E-state index is -0.972. The van der Waals surface area contributed by atoms with Gasteiger partial charge in [0.15, 0.2) is 5.82 Å². The Morgan fingerprint density at radius 1 is 1.41 bits per heavy atom. The number of carboxylic acid groups (broad SMARTS) is 1. The molecule has 6 nitrogen and oxygen atoms in total. The quantitative estimate of drug-likeness (QED) is 0.878. The summed E-state index contributed by atoms with van der Waals surface area (Å²) in [5, 5.41) is 20.2. The third-order valence-electron chi connectivity index (χ3n) is 2.19. The number of hydrogen-bond donors (Lipinski definition) is 1. The Labute approximate surface area is 102 Å². The molecule has 0 radical (unpaired) electrons. The third kappa shape index (κ3) is 2.79. The third-order valence-corrected chi connectivity index (χ3v) is 2.56. The Kier molecular flexibility index (Phi) is 3.34. The van der Waals surface area contributed by atoms with E-state index in [-0.39, 0.29) is 6.42 Å². The highest BCUT2D eigenvalue weighted by atomic mass is 35.5. The molecule has 0 bridgehead atoms. The predicted molar refractivity (Wildman–Crippen MR) is 59.7 cm³/mol. The van der Waals surface area contributed by atoms with Crippen molar-refractivity contribution in [3.63, 3.8) is 0 Å². The van der Waals surface area contributed by atoms with E-state index in [1.165, 1.54) is 4.68 Å². The Balaban J connectivity index is 2.22. The summed E-state index contributed by atoms with van der Waals surface area (Å²) in [5.74, 6) is -0.669. The topological polar surface area (TPSA) is 80.9 Å². The van der Waals surface area contributed by atoms with E-state index in [9.17, 15) is 4.79 Å². The van der Waals surface area contributed by atoms with E-state index in [4.69, 9.17) is 16.7 Å². The van der Waals surface area contributed by atoms with Crippen LogP contribution in [0.3, 0.4) is 0 Å². The van der Waals surface area contributed by atoms with Crippen molar-refractivity contribution in [1.29, 1.82) is 0 Å². The summed E-state index contributed by atoms with van der Waals surface area (Å²) in [6.45, 7) is 0.356. The highest BCUT2D eigenvalue weighted by molar-refractivity contribution is 6.31. The van der Waals surface area contributed by atoms with Crippen LogP contribution in [-0.4, -0.2) is 31.3 Å². The molecule has 0 saturated carbocycles. The molecule has 1 heterocycles. The van der Waals surface area contributed by atoms with E-state index < -0.39 is 5.97 Å². The molecular formula is C10H9ClN4O2. The number of halogens is 1. The van der Waals surface area contributed by atoms with Crippen LogP contribution in [0.25, 0.3) is 0 Å². The molecule has 0 aliphatic rings. The number of tetrazole rings is 1. The zero-order valence-corrected chi connectivity index (χ0v) is 9.50. The molecule has 1 N–H and O–H groups in total.